The van der Waals surface area contributed by atoms with Gasteiger partial charge in [0.2, 0.25) is 0 Å². The van der Waals surface area contributed by atoms with Gasteiger partial charge in [-0.15, -0.1) is 22.7 Å². The molecule has 0 amide bonds. The molecule has 0 fully saturated rings. The molecular weight excluding hydrogens is 1520 g/mol. The third kappa shape index (κ3) is 11.7. The summed E-state index contributed by atoms with van der Waals surface area (Å²) < 4.78 is 5.19. The molecule has 121 heavy (non-hydrogen) atoms. The number of thiophene rings is 2. The molecule has 2 heterocycles. The van der Waals surface area contributed by atoms with E-state index in [0.29, 0.717) is 0 Å². The maximum Gasteiger partial charge on any atom is 0.0714 e. The Labute approximate surface area is 720 Å². The van der Waals surface area contributed by atoms with Gasteiger partial charge < -0.3 is 10.2 Å². The molecule has 0 bridgehead atoms. The fourth-order valence-corrected chi connectivity index (χ4v) is 23.5. The average molecular weight is 1600 g/mol. The smallest absolute Gasteiger partial charge is 0.0714 e. The first-order chi connectivity index (χ1) is 59.5. The van der Waals surface area contributed by atoms with E-state index in [4.69, 9.17) is 11.6 Å². The van der Waals surface area contributed by atoms with Crippen LogP contribution >= 0.6 is 34.3 Å². The van der Waals surface area contributed by atoms with Gasteiger partial charge in [-0.3, -0.25) is 0 Å². The molecule has 0 atom stereocenters. The quantitative estimate of drug-likeness (QED) is 0.139. The first-order valence-electron chi connectivity index (χ1n) is 41.9. The van der Waals surface area contributed by atoms with Gasteiger partial charge in [-0.1, -0.05) is 391 Å². The molecule has 18 aromatic carbocycles. The summed E-state index contributed by atoms with van der Waals surface area (Å²) in [5.41, 5.74) is 36.3. The maximum absolute atomic E-state index is 6.05. The molecule has 0 saturated heterocycles. The van der Waals surface area contributed by atoms with Gasteiger partial charge in [0, 0.05) is 63.9 Å². The molecule has 4 aliphatic carbocycles. The number of fused-ring (bicyclic) bond motifs is 18. The van der Waals surface area contributed by atoms with Gasteiger partial charge in [-0.2, -0.15) is 0 Å². The fraction of sp³-hybridized carbons (Fsp3) is 0.0690. The van der Waals surface area contributed by atoms with E-state index in [2.05, 4.69) is 450 Å². The van der Waals surface area contributed by atoms with Crippen molar-refractivity contribution in [2.45, 2.75) is 49.4 Å². The first-order valence-corrected chi connectivity index (χ1v) is 43.9. The molecule has 1 N–H and O–H groups in total. The van der Waals surface area contributed by atoms with Gasteiger partial charge in [0.25, 0.3) is 0 Å². The lowest BCUT2D eigenvalue weighted by Crippen LogP contribution is -2.28. The summed E-state index contributed by atoms with van der Waals surface area (Å²) in [4.78, 5) is 2.50. The summed E-state index contributed by atoms with van der Waals surface area (Å²) in [5.74, 6) is 0. The molecular formula is C116H83ClN2S2. The third-order valence-electron chi connectivity index (χ3n) is 26.2. The second-order valence-electron chi connectivity index (χ2n) is 33.4. The zero-order valence-electron chi connectivity index (χ0n) is 67.6. The number of anilines is 5. The zero-order valence-corrected chi connectivity index (χ0v) is 69.9. The second-order valence-corrected chi connectivity index (χ2v) is 35.9. The zero-order chi connectivity index (χ0) is 81.1. The molecule has 0 unspecified atom stereocenters. The Balaban J connectivity index is 0.000000122. The molecule has 0 spiro atoms. The molecule has 4 aliphatic rings. The highest BCUT2D eigenvalue weighted by Crippen LogP contribution is 2.61. The monoisotopic (exact) mass is 1600 g/mol. The van der Waals surface area contributed by atoms with Crippen LogP contribution in [0.1, 0.15) is 94.5 Å². The summed E-state index contributed by atoms with van der Waals surface area (Å²) in [5, 5.41) is 9.80. The van der Waals surface area contributed by atoms with Crippen molar-refractivity contribution in [3.8, 4) is 66.8 Å². The Morgan fingerprint density at radius 3 is 1.10 bits per heavy atom. The highest BCUT2D eigenvalue weighted by Gasteiger charge is 2.49. The van der Waals surface area contributed by atoms with Crippen molar-refractivity contribution in [3.63, 3.8) is 0 Å². The Hall–Kier alpha value is -13.7. The van der Waals surface area contributed by atoms with Crippen molar-refractivity contribution in [1.82, 2.24) is 0 Å². The van der Waals surface area contributed by atoms with E-state index in [9.17, 15) is 0 Å². The molecule has 24 rings (SSSR count). The van der Waals surface area contributed by atoms with E-state index < -0.39 is 10.8 Å². The minimum Gasteiger partial charge on any atom is -0.354 e. The highest BCUT2D eigenvalue weighted by molar-refractivity contribution is 7.26. The Kier molecular flexibility index (Phi) is 17.9. The van der Waals surface area contributed by atoms with Gasteiger partial charge in [0.1, 0.15) is 0 Å². The van der Waals surface area contributed by atoms with Gasteiger partial charge in [-0.25, -0.2) is 0 Å². The van der Waals surface area contributed by atoms with E-state index in [0.717, 1.165) is 27.8 Å². The molecule has 0 saturated carbocycles. The minimum absolute atomic E-state index is 0.0160. The fourth-order valence-electron chi connectivity index (χ4n) is 21.0. The van der Waals surface area contributed by atoms with Crippen LogP contribution in [0.3, 0.4) is 0 Å². The van der Waals surface area contributed by atoms with Crippen molar-refractivity contribution in [1.29, 1.82) is 0 Å². The van der Waals surface area contributed by atoms with Crippen LogP contribution in [0, 0.1) is 0 Å². The summed E-state index contributed by atoms with van der Waals surface area (Å²) in [6.45, 7) is 9.38. The molecule has 5 heteroatoms. The van der Waals surface area contributed by atoms with Crippen LogP contribution in [0.4, 0.5) is 28.4 Å². The molecule has 0 aliphatic heterocycles. The van der Waals surface area contributed by atoms with Crippen molar-refractivity contribution >= 4 is 103 Å². The molecule has 0 radical (unpaired) electrons. The molecule has 2 aromatic heterocycles. The lowest BCUT2D eigenvalue weighted by molar-refractivity contribution is 0.662. The summed E-state index contributed by atoms with van der Waals surface area (Å²) in [6, 6.07) is 156. The van der Waals surface area contributed by atoms with Gasteiger partial charge in [0.05, 0.1) is 31.6 Å². The summed E-state index contributed by atoms with van der Waals surface area (Å²) in [7, 11) is 0. The van der Waals surface area contributed by atoms with E-state index in [-0.39, 0.29) is 10.8 Å². The van der Waals surface area contributed by atoms with Crippen molar-refractivity contribution < 1.29 is 0 Å². The molecule has 2 nitrogen and oxygen atoms in total. The van der Waals surface area contributed by atoms with Crippen molar-refractivity contribution in [2.24, 2.45) is 0 Å². The second kappa shape index (κ2) is 29.4. The largest absolute Gasteiger partial charge is 0.354 e. The van der Waals surface area contributed by atoms with Crippen LogP contribution < -0.4 is 10.2 Å². The van der Waals surface area contributed by atoms with Crippen LogP contribution in [0.2, 0.25) is 5.02 Å². The van der Waals surface area contributed by atoms with Gasteiger partial charge in [0.15, 0.2) is 0 Å². The lowest BCUT2D eigenvalue weighted by Gasteiger charge is -2.35. The third-order valence-corrected chi connectivity index (χ3v) is 28.9. The number of nitrogens with zero attached hydrogens (tertiary/aromatic N) is 1. The van der Waals surface area contributed by atoms with Crippen molar-refractivity contribution in [3.05, 3.63) is 496 Å². The number of hydrogen-bond acceptors (Lipinski definition) is 4. The van der Waals surface area contributed by atoms with E-state index >= 15 is 0 Å². The predicted molar refractivity (Wildman–Crippen MR) is 515 cm³/mol. The number of halogens is 1. The Bertz CT molecular complexity index is 7350. The topological polar surface area (TPSA) is 15.3 Å². The molecule has 20 aromatic rings. The number of hydrogen-bond donors (Lipinski definition) is 1. The van der Waals surface area contributed by atoms with Crippen LogP contribution in [0.5, 0.6) is 0 Å². The molecule has 576 valence electrons. The number of benzene rings is 18. The number of rotatable bonds is 11. The highest BCUT2D eigenvalue weighted by atomic mass is 35.5. The Morgan fingerprint density at radius 1 is 0.256 bits per heavy atom. The average Bonchev–Trinajstić information content (AvgIpc) is 1.54. The van der Waals surface area contributed by atoms with E-state index in [1.54, 1.807) is 0 Å². The SMILES string of the molecule is CC1(C)c2ccccc2-c2cccc(-c3ccc(Cl)cc3)c21.CC1(C)c2ccccc2-c2cccc(-c3ccc(N(c4ccc5c(c4)C(c4ccccc4)(c4ccccc4)c4ccccc4-5)c4cccc5c4sc4ccccc45)cc3)c21.c1ccc(C2(c3ccccc3)c3ccccc3-c3ccc(Nc4cccc5c4sc4ccccc45)cc32)cc1. The lowest BCUT2D eigenvalue weighted by atomic mass is 9.67. The number of nitrogens with one attached hydrogen (secondary N) is 1. The standard InChI is InChI=1S/C58H41NS.C37H25NS.C21H17Cl/c1-57(2)50-27-12-9-22-45(50)48-25-15-24-43(55(48)57)38-31-33-41(34-32-38)59(53-29-16-26-49-47-23-11-14-30-54(47)60-56(49)53)42-35-36-46-44-21-10-13-28-51(44)58(52(46)37-42,39-17-5-3-6-18-39)40-19-7-4-8-20-40;1-3-12-25(13-4-1)37(26-14-5-2-6-15-26)32-19-9-7-16-28(32)29-23-22-27(24-33(29)37)38-34-20-11-18-31-30-17-8-10-21-35(30)39-36(31)34;1-21(2)19-9-4-3-6-17(19)18-8-5-7-16(20(18)21)14-10-12-15(22)13-11-14/h3-37H,1-2H3;1-24,38H;3-13H,1-2H3. The van der Waals surface area contributed by atoms with E-state index in [1.165, 1.54) is 180 Å². The van der Waals surface area contributed by atoms with Crippen LogP contribution in [-0.2, 0) is 21.7 Å². The normalized spacial score (nSPS) is 13.9. The van der Waals surface area contributed by atoms with Crippen LogP contribution in [-0.4, -0.2) is 0 Å². The summed E-state index contributed by atoms with van der Waals surface area (Å²) in [6.07, 6.45) is 0. The van der Waals surface area contributed by atoms with Gasteiger partial charge >= 0.3 is 0 Å². The van der Waals surface area contributed by atoms with Crippen LogP contribution in [0.25, 0.3) is 107 Å². The minimum atomic E-state index is -0.498. The van der Waals surface area contributed by atoms with Gasteiger partial charge in [-0.05, 0) is 206 Å². The summed E-state index contributed by atoms with van der Waals surface area (Å²) >= 11 is 9.78. The van der Waals surface area contributed by atoms with E-state index in [1.807, 2.05) is 34.8 Å². The maximum atomic E-state index is 6.05. The van der Waals surface area contributed by atoms with Crippen molar-refractivity contribution in [2.75, 3.05) is 10.2 Å². The first kappa shape index (κ1) is 73.6. The Morgan fingerprint density at radius 2 is 0.603 bits per heavy atom. The van der Waals surface area contributed by atoms with Crippen LogP contribution in [0.15, 0.2) is 425 Å². The predicted octanol–water partition coefficient (Wildman–Crippen LogP) is 32.3.